The van der Waals surface area contributed by atoms with Crippen LogP contribution in [0.2, 0.25) is 0 Å². The molecule has 2 N–H and O–H groups in total. The second-order valence-electron chi connectivity index (χ2n) is 4.37. The first-order valence-electron chi connectivity index (χ1n) is 6.02. The highest BCUT2D eigenvalue weighted by molar-refractivity contribution is 5.36. The number of hydrogen-bond donors (Lipinski definition) is 1. The molecule has 0 radical (unpaired) electrons. The van der Waals surface area contributed by atoms with Crippen molar-refractivity contribution in [2.75, 3.05) is 44.5 Å². The predicted octanol–water partition coefficient (Wildman–Crippen LogP) is 0.325. The lowest BCUT2D eigenvalue weighted by Gasteiger charge is -2.31. The molecule has 1 aliphatic heterocycles. The van der Waals surface area contributed by atoms with E-state index in [1.165, 1.54) is 7.11 Å². The zero-order valence-electron chi connectivity index (χ0n) is 10.8. The molecule has 1 fully saturated rings. The molecule has 0 spiro atoms. The number of nitrogens with two attached hydrogens (primary N) is 1. The molecular formula is C11H19N5O2. The first kappa shape index (κ1) is 12.8. The number of hydrogen-bond acceptors (Lipinski definition) is 7. The first-order valence-corrected chi connectivity index (χ1v) is 6.02. The molecule has 0 amide bonds. The van der Waals surface area contributed by atoms with E-state index < -0.39 is 0 Å². The summed E-state index contributed by atoms with van der Waals surface area (Å²) in [6, 6.07) is 0.261. The van der Waals surface area contributed by atoms with Crippen LogP contribution in [0.25, 0.3) is 0 Å². The second-order valence-corrected chi connectivity index (χ2v) is 4.37. The van der Waals surface area contributed by atoms with Crippen LogP contribution in [-0.4, -0.2) is 48.9 Å². The monoisotopic (exact) mass is 253 g/mol. The van der Waals surface area contributed by atoms with Gasteiger partial charge in [0.05, 0.1) is 7.11 Å². The molecular weight excluding hydrogens is 234 g/mol. The summed E-state index contributed by atoms with van der Waals surface area (Å²) >= 11 is 0. The summed E-state index contributed by atoms with van der Waals surface area (Å²) in [5.41, 5.74) is 5.63. The number of methoxy groups -OCH3 is 2. The van der Waals surface area contributed by atoms with Crippen LogP contribution in [0.4, 0.5) is 11.9 Å². The lowest BCUT2D eigenvalue weighted by Crippen LogP contribution is -2.36. The molecule has 0 aliphatic carbocycles. The number of anilines is 2. The Bertz CT molecular complexity index is 393. The lowest BCUT2D eigenvalue weighted by atomic mass is 9.98. The Kier molecular flexibility index (Phi) is 4.14. The summed E-state index contributed by atoms with van der Waals surface area (Å²) in [6.07, 6.45) is 2.14. The quantitative estimate of drug-likeness (QED) is 0.827. The van der Waals surface area contributed by atoms with Crippen molar-refractivity contribution < 1.29 is 9.47 Å². The van der Waals surface area contributed by atoms with E-state index in [1.54, 1.807) is 7.11 Å². The van der Waals surface area contributed by atoms with Gasteiger partial charge in [-0.25, -0.2) is 0 Å². The number of aromatic nitrogens is 3. The van der Waals surface area contributed by atoms with Gasteiger partial charge in [0.15, 0.2) is 0 Å². The Morgan fingerprint density at radius 3 is 2.56 bits per heavy atom. The normalized spacial score (nSPS) is 16.9. The molecule has 7 nitrogen and oxygen atoms in total. The predicted molar refractivity (Wildman–Crippen MR) is 67.6 cm³/mol. The fourth-order valence-electron chi connectivity index (χ4n) is 2.13. The molecule has 0 atom stereocenters. The van der Waals surface area contributed by atoms with Crippen LogP contribution in [0.15, 0.2) is 0 Å². The molecule has 0 bridgehead atoms. The summed E-state index contributed by atoms with van der Waals surface area (Å²) in [7, 11) is 3.26. The van der Waals surface area contributed by atoms with Gasteiger partial charge in [-0.1, -0.05) is 0 Å². The zero-order chi connectivity index (χ0) is 13.0. The van der Waals surface area contributed by atoms with E-state index in [1.807, 2.05) is 0 Å². The highest BCUT2D eigenvalue weighted by Crippen LogP contribution is 2.22. The van der Waals surface area contributed by atoms with Gasteiger partial charge in [-0.05, 0) is 18.8 Å². The van der Waals surface area contributed by atoms with Crippen molar-refractivity contribution in [1.82, 2.24) is 15.0 Å². The van der Waals surface area contributed by atoms with Gasteiger partial charge >= 0.3 is 6.01 Å². The Morgan fingerprint density at radius 2 is 1.94 bits per heavy atom. The third-order valence-corrected chi connectivity index (χ3v) is 3.10. The number of nitrogens with zero attached hydrogens (tertiary/aromatic N) is 4. The Labute approximate surface area is 106 Å². The Morgan fingerprint density at radius 1 is 1.22 bits per heavy atom. The first-order chi connectivity index (χ1) is 8.72. The van der Waals surface area contributed by atoms with Crippen molar-refractivity contribution in [2.24, 2.45) is 5.92 Å². The van der Waals surface area contributed by atoms with E-state index in [0.717, 1.165) is 32.5 Å². The number of ether oxygens (including phenoxy) is 2. The van der Waals surface area contributed by atoms with Crippen LogP contribution in [0.5, 0.6) is 6.01 Å². The van der Waals surface area contributed by atoms with E-state index in [-0.39, 0.29) is 12.0 Å². The maximum atomic E-state index is 5.63. The van der Waals surface area contributed by atoms with Crippen LogP contribution in [0, 0.1) is 5.92 Å². The van der Waals surface area contributed by atoms with E-state index in [9.17, 15) is 0 Å². The number of piperidine rings is 1. The van der Waals surface area contributed by atoms with Crippen LogP contribution in [-0.2, 0) is 4.74 Å². The van der Waals surface area contributed by atoms with Crippen LogP contribution in [0.1, 0.15) is 12.8 Å². The van der Waals surface area contributed by atoms with Crippen LogP contribution < -0.4 is 15.4 Å². The van der Waals surface area contributed by atoms with Gasteiger partial charge in [-0.3, -0.25) is 0 Å². The fraction of sp³-hybridized carbons (Fsp3) is 0.727. The Balaban J connectivity index is 2.02. The standard InChI is InChI=1S/C11H19N5O2/c1-17-7-8-3-5-16(6-4-8)10-13-9(12)14-11(15-10)18-2/h8H,3-7H2,1-2H3,(H2,12,13,14,15). The largest absolute Gasteiger partial charge is 0.467 e. The minimum atomic E-state index is 0.191. The minimum absolute atomic E-state index is 0.191. The average molecular weight is 253 g/mol. The fourth-order valence-corrected chi connectivity index (χ4v) is 2.13. The molecule has 1 aliphatic rings. The average Bonchev–Trinajstić information content (AvgIpc) is 2.39. The molecule has 1 aromatic heterocycles. The molecule has 1 aromatic rings. The van der Waals surface area contributed by atoms with Gasteiger partial charge in [-0.2, -0.15) is 15.0 Å². The summed E-state index contributed by atoms with van der Waals surface area (Å²) < 4.78 is 10.2. The van der Waals surface area contributed by atoms with Gasteiger partial charge in [0.2, 0.25) is 11.9 Å². The van der Waals surface area contributed by atoms with E-state index in [4.69, 9.17) is 15.2 Å². The van der Waals surface area contributed by atoms with E-state index in [0.29, 0.717) is 11.9 Å². The van der Waals surface area contributed by atoms with Gasteiger partial charge in [0.1, 0.15) is 0 Å². The zero-order valence-corrected chi connectivity index (χ0v) is 10.8. The van der Waals surface area contributed by atoms with Gasteiger partial charge < -0.3 is 20.1 Å². The molecule has 2 heterocycles. The Hall–Kier alpha value is -1.63. The maximum absolute atomic E-state index is 5.63. The van der Waals surface area contributed by atoms with Gasteiger partial charge in [-0.15, -0.1) is 0 Å². The van der Waals surface area contributed by atoms with Crippen molar-refractivity contribution in [3.8, 4) is 6.01 Å². The highest BCUT2D eigenvalue weighted by atomic mass is 16.5. The van der Waals surface area contributed by atoms with E-state index >= 15 is 0 Å². The molecule has 18 heavy (non-hydrogen) atoms. The van der Waals surface area contributed by atoms with Crippen LogP contribution >= 0.6 is 0 Å². The van der Waals surface area contributed by atoms with Crippen LogP contribution in [0.3, 0.4) is 0 Å². The third-order valence-electron chi connectivity index (χ3n) is 3.10. The number of nitrogen functional groups attached to an aromatic ring is 1. The molecule has 0 aromatic carbocycles. The second kappa shape index (κ2) is 5.81. The highest BCUT2D eigenvalue weighted by Gasteiger charge is 2.21. The van der Waals surface area contributed by atoms with Crippen molar-refractivity contribution in [1.29, 1.82) is 0 Å². The summed E-state index contributed by atoms with van der Waals surface area (Å²) in [5.74, 6) is 1.40. The molecule has 1 saturated heterocycles. The molecule has 0 saturated carbocycles. The minimum Gasteiger partial charge on any atom is -0.467 e. The summed E-state index contributed by atoms with van der Waals surface area (Å²) in [6.45, 7) is 2.62. The molecule has 7 heteroatoms. The number of rotatable bonds is 4. The van der Waals surface area contributed by atoms with Gasteiger partial charge in [0, 0.05) is 26.8 Å². The summed E-state index contributed by atoms with van der Waals surface area (Å²) in [5, 5.41) is 0. The van der Waals surface area contributed by atoms with E-state index in [2.05, 4.69) is 19.9 Å². The lowest BCUT2D eigenvalue weighted by molar-refractivity contribution is 0.139. The van der Waals surface area contributed by atoms with Crippen molar-refractivity contribution in [2.45, 2.75) is 12.8 Å². The molecule has 0 unspecified atom stereocenters. The molecule has 2 rings (SSSR count). The topological polar surface area (TPSA) is 86.4 Å². The SMILES string of the molecule is COCC1CCN(c2nc(N)nc(OC)n2)CC1. The summed E-state index contributed by atoms with van der Waals surface area (Å²) in [4.78, 5) is 14.3. The third kappa shape index (κ3) is 2.98. The smallest absolute Gasteiger partial charge is 0.322 e. The maximum Gasteiger partial charge on any atom is 0.322 e. The van der Waals surface area contributed by atoms with Crippen molar-refractivity contribution >= 4 is 11.9 Å². The van der Waals surface area contributed by atoms with Gasteiger partial charge in [0.25, 0.3) is 0 Å². The van der Waals surface area contributed by atoms with Crippen molar-refractivity contribution in [3.05, 3.63) is 0 Å². The van der Waals surface area contributed by atoms with Crippen molar-refractivity contribution in [3.63, 3.8) is 0 Å². The molecule has 100 valence electrons.